The highest BCUT2D eigenvalue weighted by molar-refractivity contribution is 8.01. The molecule has 1 heterocycles. The summed E-state index contributed by atoms with van der Waals surface area (Å²) in [6.45, 7) is 9.28. The predicted octanol–water partition coefficient (Wildman–Crippen LogP) is 4.86. The molecular weight excluding hydrogens is 380 g/mol. The minimum absolute atomic E-state index is 0.00717. The van der Waals surface area contributed by atoms with E-state index >= 15 is 0 Å². The van der Waals surface area contributed by atoms with Gasteiger partial charge in [0, 0.05) is 11.4 Å². The zero-order valence-electron chi connectivity index (χ0n) is 17.7. The van der Waals surface area contributed by atoms with Gasteiger partial charge in [-0.25, -0.2) is 0 Å². The van der Waals surface area contributed by atoms with Gasteiger partial charge in [-0.15, -0.1) is 11.8 Å². The van der Waals surface area contributed by atoms with E-state index in [1.807, 2.05) is 36.1 Å². The number of anilines is 1. The SMILES string of the molecule is CCCCNC(=O)C(C)C1Sc2ccccc2N(Cc2cc(C)ccc2C)C1=O. The molecule has 1 aliphatic heterocycles. The van der Waals surface area contributed by atoms with Crippen LogP contribution in [0.25, 0.3) is 0 Å². The Kier molecular flexibility index (Phi) is 7.01. The van der Waals surface area contributed by atoms with Crippen LogP contribution < -0.4 is 10.2 Å². The molecule has 0 aromatic heterocycles. The fraction of sp³-hybridized carbons (Fsp3) is 0.417. The first-order valence-corrected chi connectivity index (χ1v) is 11.2. The molecule has 0 saturated carbocycles. The smallest absolute Gasteiger partial charge is 0.241 e. The molecule has 1 aliphatic rings. The number of rotatable bonds is 7. The number of fused-ring (bicyclic) bond motifs is 1. The Morgan fingerprint density at radius 3 is 2.72 bits per heavy atom. The van der Waals surface area contributed by atoms with Crippen molar-refractivity contribution >= 4 is 29.3 Å². The lowest BCUT2D eigenvalue weighted by atomic mass is 10.0. The summed E-state index contributed by atoms with van der Waals surface area (Å²) in [5.74, 6) is -0.429. The van der Waals surface area contributed by atoms with Crippen molar-refractivity contribution in [2.75, 3.05) is 11.4 Å². The number of carbonyl (C=O) groups excluding carboxylic acids is 2. The molecule has 0 radical (unpaired) electrons. The lowest BCUT2D eigenvalue weighted by molar-refractivity contribution is -0.128. The minimum atomic E-state index is -0.420. The number of amides is 2. The van der Waals surface area contributed by atoms with Crippen molar-refractivity contribution in [3.05, 3.63) is 59.2 Å². The van der Waals surface area contributed by atoms with E-state index in [4.69, 9.17) is 0 Å². The Morgan fingerprint density at radius 2 is 1.97 bits per heavy atom. The van der Waals surface area contributed by atoms with Gasteiger partial charge in [0.1, 0.15) is 5.25 Å². The minimum Gasteiger partial charge on any atom is -0.356 e. The van der Waals surface area contributed by atoms with Crippen LogP contribution in [0, 0.1) is 19.8 Å². The Balaban J connectivity index is 1.88. The van der Waals surface area contributed by atoms with E-state index in [0.717, 1.165) is 29.0 Å². The molecule has 5 heteroatoms. The Bertz CT molecular complexity index is 896. The average Bonchev–Trinajstić information content (AvgIpc) is 2.72. The molecule has 29 heavy (non-hydrogen) atoms. The Labute approximate surface area is 178 Å². The van der Waals surface area contributed by atoms with Gasteiger partial charge < -0.3 is 10.2 Å². The van der Waals surface area contributed by atoms with Crippen molar-refractivity contribution < 1.29 is 9.59 Å². The molecule has 0 bridgehead atoms. The van der Waals surface area contributed by atoms with Crippen molar-refractivity contribution in [3.63, 3.8) is 0 Å². The maximum absolute atomic E-state index is 13.5. The third kappa shape index (κ3) is 4.84. The summed E-state index contributed by atoms with van der Waals surface area (Å²) in [7, 11) is 0. The maximum atomic E-state index is 13.5. The molecule has 2 amide bonds. The molecule has 0 saturated heterocycles. The van der Waals surface area contributed by atoms with Crippen LogP contribution in [0.3, 0.4) is 0 Å². The van der Waals surface area contributed by atoms with Crippen LogP contribution in [-0.4, -0.2) is 23.6 Å². The summed E-state index contributed by atoms with van der Waals surface area (Å²) in [5, 5.41) is 2.56. The third-order valence-corrected chi connectivity index (χ3v) is 6.91. The van der Waals surface area contributed by atoms with Gasteiger partial charge in [-0.2, -0.15) is 0 Å². The molecular formula is C24H30N2O2S. The van der Waals surface area contributed by atoms with Crippen LogP contribution in [0.15, 0.2) is 47.4 Å². The molecule has 154 valence electrons. The molecule has 2 aromatic rings. The largest absolute Gasteiger partial charge is 0.356 e. The monoisotopic (exact) mass is 410 g/mol. The number of para-hydroxylation sites is 1. The summed E-state index contributed by atoms with van der Waals surface area (Å²) in [4.78, 5) is 29.0. The Morgan fingerprint density at radius 1 is 1.21 bits per heavy atom. The van der Waals surface area contributed by atoms with Crippen LogP contribution in [0.5, 0.6) is 0 Å². The summed E-state index contributed by atoms with van der Waals surface area (Å²) < 4.78 is 0. The molecule has 2 atom stereocenters. The number of carbonyl (C=O) groups is 2. The first-order chi connectivity index (χ1) is 13.9. The zero-order valence-corrected chi connectivity index (χ0v) is 18.5. The van der Waals surface area contributed by atoms with Crippen molar-refractivity contribution in [3.8, 4) is 0 Å². The highest BCUT2D eigenvalue weighted by atomic mass is 32.2. The van der Waals surface area contributed by atoms with Gasteiger partial charge in [-0.1, -0.05) is 56.2 Å². The second kappa shape index (κ2) is 9.49. The number of aryl methyl sites for hydroxylation is 2. The second-order valence-electron chi connectivity index (χ2n) is 7.79. The van der Waals surface area contributed by atoms with Crippen LogP contribution in [-0.2, 0) is 16.1 Å². The molecule has 0 aliphatic carbocycles. The lowest BCUT2D eigenvalue weighted by Crippen LogP contribution is -2.47. The van der Waals surface area contributed by atoms with E-state index in [-0.39, 0.29) is 17.7 Å². The van der Waals surface area contributed by atoms with Gasteiger partial charge in [-0.3, -0.25) is 9.59 Å². The van der Waals surface area contributed by atoms with Gasteiger partial charge in [0.25, 0.3) is 0 Å². The number of nitrogens with zero attached hydrogens (tertiary/aromatic N) is 1. The summed E-state index contributed by atoms with van der Waals surface area (Å²) in [6, 6.07) is 14.3. The van der Waals surface area contributed by atoms with Crippen molar-refractivity contribution in [1.29, 1.82) is 0 Å². The summed E-state index contributed by atoms with van der Waals surface area (Å²) in [6.07, 6.45) is 1.98. The van der Waals surface area contributed by atoms with E-state index < -0.39 is 5.25 Å². The van der Waals surface area contributed by atoms with E-state index in [1.54, 1.807) is 0 Å². The molecule has 3 rings (SSSR count). The molecule has 0 spiro atoms. The van der Waals surface area contributed by atoms with E-state index in [9.17, 15) is 9.59 Å². The number of nitrogens with one attached hydrogen (secondary N) is 1. The fourth-order valence-corrected chi connectivity index (χ4v) is 4.83. The predicted molar refractivity (Wildman–Crippen MR) is 120 cm³/mol. The molecule has 2 unspecified atom stereocenters. The quantitative estimate of drug-likeness (QED) is 0.663. The van der Waals surface area contributed by atoms with Crippen molar-refractivity contribution in [2.24, 2.45) is 5.92 Å². The highest BCUT2D eigenvalue weighted by Gasteiger charge is 2.39. The second-order valence-corrected chi connectivity index (χ2v) is 8.98. The first kappa shape index (κ1) is 21.4. The molecule has 4 nitrogen and oxygen atoms in total. The van der Waals surface area contributed by atoms with Crippen molar-refractivity contribution in [2.45, 2.75) is 57.2 Å². The average molecular weight is 411 g/mol. The summed E-state index contributed by atoms with van der Waals surface area (Å²) in [5.41, 5.74) is 4.41. The molecule has 0 fully saturated rings. The number of hydrogen-bond donors (Lipinski definition) is 1. The van der Waals surface area contributed by atoms with Gasteiger partial charge >= 0.3 is 0 Å². The zero-order chi connectivity index (χ0) is 21.0. The third-order valence-electron chi connectivity index (χ3n) is 5.45. The van der Waals surface area contributed by atoms with Gasteiger partial charge in [0.05, 0.1) is 18.2 Å². The van der Waals surface area contributed by atoms with Gasteiger partial charge in [0.2, 0.25) is 11.8 Å². The lowest BCUT2D eigenvalue weighted by Gasteiger charge is -2.36. The Hall–Kier alpha value is -2.27. The van der Waals surface area contributed by atoms with E-state index in [2.05, 4.69) is 44.3 Å². The number of unbranched alkanes of at least 4 members (excludes halogenated alkanes) is 1. The van der Waals surface area contributed by atoms with Gasteiger partial charge in [0.15, 0.2) is 0 Å². The van der Waals surface area contributed by atoms with E-state index in [0.29, 0.717) is 13.1 Å². The molecule has 2 aromatic carbocycles. The topological polar surface area (TPSA) is 49.4 Å². The van der Waals surface area contributed by atoms with E-state index in [1.165, 1.54) is 22.9 Å². The summed E-state index contributed by atoms with van der Waals surface area (Å²) >= 11 is 1.51. The highest BCUT2D eigenvalue weighted by Crippen LogP contribution is 2.42. The van der Waals surface area contributed by atoms with Gasteiger partial charge in [-0.05, 0) is 43.5 Å². The first-order valence-electron chi connectivity index (χ1n) is 10.3. The molecule has 1 N–H and O–H groups in total. The number of hydrogen-bond acceptors (Lipinski definition) is 3. The van der Waals surface area contributed by atoms with Crippen LogP contribution in [0.2, 0.25) is 0 Å². The number of thioether (sulfide) groups is 1. The van der Waals surface area contributed by atoms with Crippen LogP contribution in [0.4, 0.5) is 5.69 Å². The number of benzene rings is 2. The van der Waals surface area contributed by atoms with Crippen molar-refractivity contribution in [1.82, 2.24) is 5.32 Å². The van der Waals surface area contributed by atoms with Crippen LogP contribution >= 0.6 is 11.8 Å². The normalized spacial score (nSPS) is 17.0. The maximum Gasteiger partial charge on any atom is 0.241 e. The van der Waals surface area contributed by atoms with Crippen LogP contribution in [0.1, 0.15) is 43.4 Å². The standard InChI is InChI=1S/C24H30N2O2S/c1-5-6-13-25-23(27)18(4)22-24(28)26(20-9-7-8-10-21(20)29-22)15-19-14-16(2)11-12-17(19)3/h7-12,14,18,22H,5-6,13,15H2,1-4H3,(H,25,27). The fourth-order valence-electron chi connectivity index (χ4n) is 3.55.